The molecular formula is C24H20FN3OS. The van der Waals surface area contributed by atoms with Crippen LogP contribution in [0.4, 0.5) is 4.39 Å². The highest BCUT2D eigenvalue weighted by Crippen LogP contribution is 2.13. The molecular weight excluding hydrogens is 397 g/mol. The third-order valence-electron chi connectivity index (χ3n) is 4.03. The molecule has 0 unspecified atom stereocenters. The minimum absolute atomic E-state index is 0.350. The molecule has 0 aromatic heterocycles. The molecule has 0 saturated carbocycles. The number of benzene rings is 3. The maximum atomic E-state index is 13.7. The van der Waals surface area contributed by atoms with Crippen molar-refractivity contribution < 1.29 is 9.13 Å². The van der Waals surface area contributed by atoms with Gasteiger partial charge in [-0.2, -0.15) is 5.10 Å². The molecule has 0 saturated heterocycles. The number of rotatable bonds is 5. The number of nitrogens with zero attached hydrogens (tertiary/aromatic N) is 2. The summed E-state index contributed by atoms with van der Waals surface area (Å²) in [7, 11) is 1.61. The van der Waals surface area contributed by atoms with Crippen molar-refractivity contribution >= 4 is 23.1 Å². The van der Waals surface area contributed by atoms with Gasteiger partial charge in [0.2, 0.25) is 0 Å². The van der Waals surface area contributed by atoms with Gasteiger partial charge in [0.1, 0.15) is 11.6 Å². The summed E-state index contributed by atoms with van der Waals surface area (Å²) in [5, 5.41) is 8.39. The SMILES string of the molecule is COc1ccc(C#Cc2cc(F)ccc2C=NN=C(N)SCc2ccccc2)cc1. The monoisotopic (exact) mass is 417 g/mol. The van der Waals surface area contributed by atoms with Crippen LogP contribution in [0.2, 0.25) is 0 Å². The van der Waals surface area contributed by atoms with Crippen LogP contribution in [0.15, 0.2) is 83.0 Å². The highest BCUT2D eigenvalue weighted by atomic mass is 32.2. The topological polar surface area (TPSA) is 60.0 Å². The van der Waals surface area contributed by atoms with E-state index >= 15 is 0 Å². The zero-order chi connectivity index (χ0) is 21.2. The quantitative estimate of drug-likeness (QED) is 0.280. The number of methoxy groups -OCH3 is 1. The number of hydrogen-bond acceptors (Lipinski definition) is 4. The first-order chi connectivity index (χ1) is 14.6. The van der Waals surface area contributed by atoms with Crippen LogP contribution in [0.5, 0.6) is 5.75 Å². The van der Waals surface area contributed by atoms with Crippen LogP contribution < -0.4 is 10.5 Å². The second-order valence-electron chi connectivity index (χ2n) is 6.17. The molecule has 0 spiro atoms. The van der Waals surface area contributed by atoms with Gasteiger partial charge in [0.25, 0.3) is 0 Å². The van der Waals surface area contributed by atoms with Crippen LogP contribution in [0.25, 0.3) is 0 Å². The Bertz CT molecular complexity index is 1100. The lowest BCUT2D eigenvalue weighted by molar-refractivity contribution is 0.415. The molecule has 0 aliphatic heterocycles. The first kappa shape index (κ1) is 21.2. The maximum Gasteiger partial charge on any atom is 0.180 e. The molecule has 2 N–H and O–H groups in total. The molecule has 0 aliphatic rings. The van der Waals surface area contributed by atoms with Crippen LogP contribution in [0.3, 0.4) is 0 Å². The average molecular weight is 418 g/mol. The number of thioether (sulfide) groups is 1. The summed E-state index contributed by atoms with van der Waals surface area (Å²) in [5.74, 6) is 7.10. The number of ether oxygens (including phenoxy) is 1. The van der Waals surface area contributed by atoms with Gasteiger partial charge in [0.05, 0.1) is 13.3 Å². The van der Waals surface area contributed by atoms with Crippen molar-refractivity contribution in [1.82, 2.24) is 0 Å². The Labute approximate surface area is 179 Å². The van der Waals surface area contributed by atoms with Gasteiger partial charge in [-0.25, -0.2) is 4.39 Å². The lowest BCUT2D eigenvalue weighted by atomic mass is 10.1. The van der Waals surface area contributed by atoms with Gasteiger partial charge in [-0.1, -0.05) is 53.9 Å². The molecule has 3 rings (SSSR count). The largest absolute Gasteiger partial charge is 0.497 e. The Hall–Kier alpha value is -3.56. The minimum Gasteiger partial charge on any atom is -0.497 e. The van der Waals surface area contributed by atoms with Gasteiger partial charge in [-0.3, -0.25) is 0 Å². The van der Waals surface area contributed by atoms with Gasteiger partial charge in [0.15, 0.2) is 5.17 Å². The van der Waals surface area contributed by atoms with Crippen LogP contribution in [0.1, 0.15) is 22.3 Å². The Kier molecular flexibility index (Phi) is 7.64. The Morgan fingerprint density at radius 2 is 1.83 bits per heavy atom. The summed E-state index contributed by atoms with van der Waals surface area (Å²) >= 11 is 1.40. The third kappa shape index (κ3) is 6.50. The molecule has 0 radical (unpaired) electrons. The first-order valence-corrected chi connectivity index (χ1v) is 10.1. The van der Waals surface area contributed by atoms with Crippen LogP contribution in [-0.4, -0.2) is 18.5 Å². The van der Waals surface area contributed by atoms with Crippen molar-refractivity contribution in [2.45, 2.75) is 5.75 Å². The van der Waals surface area contributed by atoms with E-state index in [9.17, 15) is 4.39 Å². The lowest BCUT2D eigenvalue weighted by Crippen LogP contribution is -2.06. The average Bonchev–Trinajstić information content (AvgIpc) is 2.78. The summed E-state index contributed by atoms with van der Waals surface area (Å²) in [6, 6.07) is 21.6. The standard InChI is InChI=1S/C24H20FN3OS/c1-29-23-13-8-18(9-14-23)7-10-20-15-22(25)12-11-21(20)16-27-28-24(26)30-17-19-5-3-2-4-6-19/h2-6,8-9,11-16H,17H2,1H3,(H2,26,28). The van der Waals surface area contributed by atoms with Gasteiger partial charge in [-0.15, -0.1) is 5.10 Å². The number of nitrogens with two attached hydrogens (primary N) is 1. The lowest BCUT2D eigenvalue weighted by Gasteiger charge is -2.00. The summed E-state index contributed by atoms with van der Waals surface area (Å²) in [6.07, 6.45) is 1.52. The summed E-state index contributed by atoms with van der Waals surface area (Å²) in [4.78, 5) is 0. The van der Waals surface area contributed by atoms with E-state index in [-0.39, 0.29) is 5.82 Å². The molecule has 0 atom stereocenters. The Morgan fingerprint density at radius 3 is 2.57 bits per heavy atom. The zero-order valence-corrected chi connectivity index (χ0v) is 17.2. The van der Waals surface area contributed by atoms with Gasteiger partial charge in [0, 0.05) is 22.4 Å². The predicted octanol–water partition coefficient (Wildman–Crippen LogP) is 4.82. The molecule has 0 aliphatic carbocycles. The van der Waals surface area contributed by atoms with E-state index in [1.807, 2.05) is 54.6 Å². The molecule has 0 bridgehead atoms. The van der Waals surface area contributed by atoms with E-state index < -0.39 is 0 Å². The van der Waals surface area contributed by atoms with Crippen LogP contribution in [-0.2, 0) is 5.75 Å². The molecule has 3 aromatic carbocycles. The van der Waals surface area contributed by atoms with E-state index in [0.29, 0.717) is 22.0 Å². The van der Waals surface area contributed by atoms with Gasteiger partial charge >= 0.3 is 0 Å². The van der Waals surface area contributed by atoms with Crippen molar-refractivity contribution in [2.75, 3.05) is 7.11 Å². The number of amidine groups is 1. The van der Waals surface area contributed by atoms with Gasteiger partial charge < -0.3 is 10.5 Å². The molecule has 0 heterocycles. The van der Waals surface area contributed by atoms with E-state index in [1.165, 1.54) is 30.1 Å². The van der Waals surface area contributed by atoms with E-state index in [4.69, 9.17) is 10.5 Å². The van der Waals surface area contributed by atoms with E-state index in [2.05, 4.69) is 22.0 Å². The second-order valence-corrected chi connectivity index (χ2v) is 7.16. The first-order valence-electron chi connectivity index (χ1n) is 9.13. The molecule has 6 heteroatoms. The number of hydrogen-bond donors (Lipinski definition) is 1. The summed E-state index contributed by atoms with van der Waals surface area (Å²) in [6.45, 7) is 0. The molecule has 3 aromatic rings. The predicted molar refractivity (Wildman–Crippen MR) is 122 cm³/mol. The highest BCUT2D eigenvalue weighted by Gasteiger charge is 2.01. The summed E-state index contributed by atoms with van der Waals surface area (Å²) < 4.78 is 18.8. The van der Waals surface area contributed by atoms with Crippen molar-refractivity contribution in [3.05, 3.63) is 101 Å². The fraction of sp³-hybridized carbons (Fsp3) is 0.0833. The second kappa shape index (κ2) is 10.8. The Morgan fingerprint density at radius 1 is 1.07 bits per heavy atom. The van der Waals surface area contributed by atoms with Crippen molar-refractivity contribution in [1.29, 1.82) is 0 Å². The van der Waals surface area contributed by atoms with Crippen molar-refractivity contribution in [2.24, 2.45) is 15.9 Å². The fourth-order valence-electron chi connectivity index (χ4n) is 2.47. The summed E-state index contributed by atoms with van der Waals surface area (Å²) in [5.41, 5.74) is 9.02. The smallest absolute Gasteiger partial charge is 0.180 e. The number of halogens is 1. The molecule has 0 amide bonds. The van der Waals surface area contributed by atoms with E-state index in [1.54, 1.807) is 13.2 Å². The molecule has 0 fully saturated rings. The van der Waals surface area contributed by atoms with Gasteiger partial charge in [-0.05, 0) is 48.0 Å². The zero-order valence-electron chi connectivity index (χ0n) is 16.4. The Balaban J connectivity index is 1.70. The van der Waals surface area contributed by atoms with Crippen molar-refractivity contribution in [3.8, 4) is 17.6 Å². The fourth-order valence-corrected chi connectivity index (χ4v) is 3.08. The minimum atomic E-state index is -0.368. The highest BCUT2D eigenvalue weighted by molar-refractivity contribution is 8.13. The molecule has 4 nitrogen and oxygen atoms in total. The van der Waals surface area contributed by atoms with Crippen LogP contribution in [0, 0.1) is 17.7 Å². The van der Waals surface area contributed by atoms with Crippen molar-refractivity contribution in [3.63, 3.8) is 0 Å². The van der Waals surface area contributed by atoms with E-state index in [0.717, 1.165) is 16.9 Å². The third-order valence-corrected chi connectivity index (χ3v) is 4.88. The van der Waals surface area contributed by atoms with Crippen LogP contribution >= 0.6 is 11.8 Å². The molecule has 30 heavy (non-hydrogen) atoms. The normalized spacial score (nSPS) is 11.2. The maximum absolute atomic E-state index is 13.7. The molecule has 150 valence electrons.